The molecule has 0 aliphatic rings. The van der Waals surface area contributed by atoms with Crippen LogP contribution in [0.4, 0.5) is 10.2 Å². The maximum absolute atomic E-state index is 13.6. The zero-order chi connectivity index (χ0) is 15.7. The van der Waals surface area contributed by atoms with Gasteiger partial charge in [-0.15, -0.1) is 0 Å². The van der Waals surface area contributed by atoms with Gasteiger partial charge in [-0.05, 0) is 44.0 Å². The fourth-order valence-electron chi connectivity index (χ4n) is 1.85. The second-order valence-corrected chi connectivity index (χ2v) is 5.61. The second kappa shape index (κ2) is 5.68. The normalized spacial score (nSPS) is 9.95. The predicted octanol–water partition coefficient (Wildman–Crippen LogP) is 3.03. The number of aromatic amines is 1. The monoisotopic (exact) mass is 410 g/mol. The molecule has 1 aromatic heterocycles. The van der Waals surface area contributed by atoms with Crippen molar-refractivity contribution < 1.29 is 4.39 Å². The molecule has 0 aliphatic carbocycles. The lowest BCUT2D eigenvalue weighted by Gasteiger charge is -2.11. The van der Waals surface area contributed by atoms with E-state index in [9.17, 15) is 14.4 Å². The second-order valence-electron chi connectivity index (χ2n) is 3.97. The Morgan fingerprint density at radius 1 is 1.19 bits per heavy atom. The molecule has 1 aromatic carbocycles. The van der Waals surface area contributed by atoms with E-state index in [-0.39, 0.29) is 28.1 Å². The number of nitrogens with zero attached hydrogens (tertiary/aromatic N) is 2. The molecule has 0 saturated heterocycles. The molecule has 5 nitrogen and oxygen atoms in total. The minimum Gasteiger partial charge on any atom is -0.384 e. The van der Waals surface area contributed by atoms with Crippen LogP contribution in [-0.2, 0) is 0 Å². The molecule has 8 heteroatoms. The summed E-state index contributed by atoms with van der Waals surface area (Å²) in [5.41, 5.74) is 4.65. The molecule has 0 fully saturated rings. The third-order valence-electron chi connectivity index (χ3n) is 2.73. The molecule has 1 heterocycles. The first-order valence-electron chi connectivity index (χ1n) is 5.41. The number of benzene rings is 1. The van der Waals surface area contributed by atoms with Crippen molar-refractivity contribution >= 4 is 37.7 Å². The zero-order valence-electron chi connectivity index (χ0n) is 10.2. The summed E-state index contributed by atoms with van der Waals surface area (Å²) in [4.78, 5) is 14.1. The average molecular weight is 412 g/mol. The molecule has 3 N–H and O–H groups in total. The molecule has 104 valence electrons. The molecule has 2 rings (SSSR count). The minimum absolute atomic E-state index is 0.00618. The van der Waals surface area contributed by atoms with E-state index in [1.54, 1.807) is 6.07 Å². The summed E-state index contributed by atoms with van der Waals surface area (Å²) in [5, 5.41) is 18.4. The van der Waals surface area contributed by atoms with E-state index in [0.717, 1.165) is 6.07 Å². The van der Waals surface area contributed by atoms with Crippen LogP contribution < -0.4 is 11.3 Å². The Balaban J connectivity index is 3.04. The van der Waals surface area contributed by atoms with Crippen LogP contribution in [0, 0.1) is 28.5 Å². The van der Waals surface area contributed by atoms with Crippen molar-refractivity contribution in [2.75, 3.05) is 5.73 Å². The van der Waals surface area contributed by atoms with Gasteiger partial charge in [-0.1, -0.05) is 0 Å². The van der Waals surface area contributed by atoms with Crippen LogP contribution in [0.15, 0.2) is 25.9 Å². The van der Waals surface area contributed by atoms with E-state index in [4.69, 9.17) is 11.0 Å². The Bertz CT molecular complexity index is 893. The molecule has 0 spiro atoms. The number of anilines is 1. The quantitative estimate of drug-likeness (QED) is 0.703. The molecule has 21 heavy (non-hydrogen) atoms. The first-order valence-corrected chi connectivity index (χ1v) is 7.00. The van der Waals surface area contributed by atoms with Crippen molar-refractivity contribution in [1.29, 1.82) is 10.5 Å². The summed E-state index contributed by atoms with van der Waals surface area (Å²) in [7, 11) is 0. The average Bonchev–Trinajstić information content (AvgIpc) is 2.42. The van der Waals surface area contributed by atoms with Crippen LogP contribution in [0.3, 0.4) is 0 Å². The van der Waals surface area contributed by atoms with E-state index < -0.39 is 11.4 Å². The third kappa shape index (κ3) is 2.56. The summed E-state index contributed by atoms with van der Waals surface area (Å²) < 4.78 is 14.4. The molecule has 0 radical (unpaired) electrons. The summed E-state index contributed by atoms with van der Waals surface area (Å²) in [5.74, 6) is -0.768. The lowest BCUT2D eigenvalue weighted by molar-refractivity contribution is 0.627. The highest BCUT2D eigenvalue weighted by atomic mass is 79.9. The topological polar surface area (TPSA) is 106 Å². The number of hydrogen-bond acceptors (Lipinski definition) is 4. The van der Waals surface area contributed by atoms with E-state index in [2.05, 4.69) is 36.8 Å². The summed E-state index contributed by atoms with van der Waals surface area (Å²) in [6.07, 6.45) is 0. The molecule has 0 saturated carbocycles. The van der Waals surface area contributed by atoms with Crippen LogP contribution in [0.1, 0.15) is 11.1 Å². The van der Waals surface area contributed by atoms with Gasteiger partial charge in [-0.2, -0.15) is 10.5 Å². The maximum Gasteiger partial charge on any atom is 0.268 e. The Morgan fingerprint density at radius 2 is 1.81 bits per heavy atom. The molecule has 2 aromatic rings. The minimum atomic E-state index is -0.740. The van der Waals surface area contributed by atoms with Gasteiger partial charge in [0.05, 0.1) is 0 Å². The van der Waals surface area contributed by atoms with Gasteiger partial charge in [0, 0.05) is 20.1 Å². The number of nitrogens with two attached hydrogens (primary N) is 1. The van der Waals surface area contributed by atoms with Gasteiger partial charge in [-0.3, -0.25) is 4.79 Å². The first kappa shape index (κ1) is 15.2. The Kier molecular flexibility index (Phi) is 4.12. The Labute approximate surface area is 135 Å². The first-order chi connectivity index (χ1) is 9.90. The van der Waals surface area contributed by atoms with Gasteiger partial charge in [0.1, 0.15) is 34.9 Å². The molecule has 0 aliphatic heterocycles. The largest absolute Gasteiger partial charge is 0.384 e. The number of aromatic nitrogens is 1. The number of halogens is 3. The van der Waals surface area contributed by atoms with Crippen molar-refractivity contribution in [3.8, 4) is 23.3 Å². The van der Waals surface area contributed by atoms with Crippen molar-refractivity contribution in [2.24, 2.45) is 0 Å². The fraction of sp³-hybridized carbons (Fsp3) is 0. The van der Waals surface area contributed by atoms with Gasteiger partial charge in [-0.25, -0.2) is 4.39 Å². The summed E-state index contributed by atoms with van der Waals surface area (Å²) in [6.45, 7) is 0. The number of hydrogen-bond donors (Lipinski definition) is 2. The molecular weight excluding hydrogens is 407 g/mol. The fourth-order valence-corrected chi connectivity index (χ4v) is 2.71. The number of pyridine rings is 1. The Morgan fingerprint density at radius 3 is 2.38 bits per heavy atom. The van der Waals surface area contributed by atoms with Crippen molar-refractivity contribution in [3.63, 3.8) is 0 Å². The van der Waals surface area contributed by atoms with Crippen molar-refractivity contribution in [2.45, 2.75) is 0 Å². The van der Waals surface area contributed by atoms with Gasteiger partial charge in [0.2, 0.25) is 0 Å². The van der Waals surface area contributed by atoms with E-state index in [0.29, 0.717) is 8.95 Å². The zero-order valence-corrected chi connectivity index (χ0v) is 13.3. The van der Waals surface area contributed by atoms with Crippen LogP contribution in [0.25, 0.3) is 11.1 Å². The number of nitriles is 2. The molecule has 0 unspecified atom stereocenters. The third-order valence-corrected chi connectivity index (χ3v) is 4.74. The standard InChI is InChI=1S/C13H5Br2FN4O/c14-9-2-5(16)1-6(11(9)15)10-7(3-17)12(19)20-13(21)8(10)4-18/h1-2H,(H3,19,20,21). The SMILES string of the molecule is N#Cc1c(N)[nH]c(=O)c(C#N)c1-c1cc(F)cc(Br)c1Br. The van der Waals surface area contributed by atoms with Gasteiger partial charge >= 0.3 is 0 Å². The van der Waals surface area contributed by atoms with E-state index >= 15 is 0 Å². The highest BCUT2D eigenvalue weighted by Gasteiger charge is 2.21. The molecule has 0 amide bonds. The number of nitrogen functional groups attached to an aromatic ring is 1. The predicted molar refractivity (Wildman–Crippen MR) is 81.7 cm³/mol. The van der Waals surface area contributed by atoms with Crippen LogP contribution in [0.5, 0.6) is 0 Å². The van der Waals surface area contributed by atoms with Crippen LogP contribution in [-0.4, -0.2) is 4.98 Å². The molecular formula is C13H5Br2FN4O. The summed E-state index contributed by atoms with van der Waals surface area (Å²) in [6, 6.07) is 5.87. The molecule has 0 bridgehead atoms. The molecule has 0 atom stereocenters. The smallest absolute Gasteiger partial charge is 0.268 e. The van der Waals surface area contributed by atoms with Crippen LogP contribution >= 0.6 is 31.9 Å². The lowest BCUT2D eigenvalue weighted by atomic mass is 9.96. The van der Waals surface area contributed by atoms with Crippen molar-refractivity contribution in [3.05, 3.63) is 48.4 Å². The van der Waals surface area contributed by atoms with Gasteiger partial charge < -0.3 is 10.7 Å². The van der Waals surface area contributed by atoms with Crippen LogP contribution in [0.2, 0.25) is 0 Å². The lowest BCUT2D eigenvalue weighted by Crippen LogP contribution is -2.16. The van der Waals surface area contributed by atoms with Gasteiger partial charge in [0.25, 0.3) is 5.56 Å². The maximum atomic E-state index is 13.6. The summed E-state index contributed by atoms with van der Waals surface area (Å²) >= 11 is 6.40. The number of nitrogens with one attached hydrogen (secondary N) is 1. The highest BCUT2D eigenvalue weighted by molar-refractivity contribution is 9.13. The van der Waals surface area contributed by atoms with Gasteiger partial charge in [0.15, 0.2) is 0 Å². The highest BCUT2D eigenvalue weighted by Crippen LogP contribution is 2.38. The van der Waals surface area contributed by atoms with Crippen molar-refractivity contribution in [1.82, 2.24) is 4.98 Å². The van der Waals surface area contributed by atoms with E-state index in [1.807, 2.05) is 6.07 Å². The van der Waals surface area contributed by atoms with E-state index in [1.165, 1.54) is 6.07 Å². The number of H-pyrrole nitrogens is 1. The Hall–Kier alpha value is -2.16. The number of rotatable bonds is 1.